The highest BCUT2D eigenvalue weighted by Gasteiger charge is 2.23. The first-order valence-electron chi connectivity index (χ1n) is 47.4. The second-order valence-electron chi connectivity index (χ2n) is 29.8. The van der Waals surface area contributed by atoms with E-state index in [4.69, 9.17) is 0 Å². The van der Waals surface area contributed by atoms with Crippen molar-refractivity contribution in [2.24, 2.45) is 0 Å². The predicted molar refractivity (Wildman–Crippen MR) is 573 cm³/mol. The van der Waals surface area contributed by atoms with Crippen LogP contribution in [0.15, 0.2) is 243 Å². The normalized spacial score (nSPS) is 10.3. The molecule has 0 atom stereocenters. The van der Waals surface area contributed by atoms with Crippen LogP contribution in [0.25, 0.3) is 87.6 Å². The third-order valence-corrected chi connectivity index (χ3v) is 19.8. The van der Waals surface area contributed by atoms with E-state index in [0.717, 1.165) is 78.0 Å². The Morgan fingerprint density at radius 3 is 0.685 bits per heavy atom. The lowest BCUT2D eigenvalue weighted by molar-refractivity contribution is 0.434. The average Bonchev–Trinajstić information content (AvgIpc) is 1.61. The van der Waals surface area contributed by atoms with Crippen LogP contribution in [0.3, 0.4) is 0 Å². The minimum atomic E-state index is 1.08. The molecule has 0 aromatic heterocycles. The molecule has 8 nitrogen and oxygen atoms in total. The van der Waals surface area contributed by atoms with Gasteiger partial charge in [-0.3, -0.25) is 0 Å². The van der Waals surface area contributed by atoms with Crippen molar-refractivity contribution in [2.75, 3.05) is 165 Å². The molecule has 0 unspecified atom stereocenters. The Labute approximate surface area is 766 Å². The Kier molecular flexibility index (Phi) is 74.2. The molecule has 0 radical (unpaired) electrons. The summed E-state index contributed by atoms with van der Waals surface area (Å²) >= 11 is 0. The van der Waals surface area contributed by atoms with E-state index in [1.807, 2.05) is 111 Å². The zero-order chi connectivity index (χ0) is 95.2. The minimum absolute atomic E-state index is 1.08. The van der Waals surface area contributed by atoms with Gasteiger partial charge in [0.2, 0.25) is 0 Å². The van der Waals surface area contributed by atoms with E-state index in [0.29, 0.717) is 0 Å². The molecule has 16 rings (SSSR count). The molecule has 4 aliphatic rings. The Hall–Kier alpha value is -8.64. The van der Waals surface area contributed by atoms with Gasteiger partial charge in [0.05, 0.1) is 0 Å². The summed E-state index contributed by atoms with van der Waals surface area (Å²) in [7, 11) is 32.9. The van der Waals surface area contributed by atoms with Crippen molar-refractivity contribution in [3.8, 4) is 44.5 Å². The second-order valence-corrected chi connectivity index (χ2v) is 29.8. The topological polar surface area (TPSA) is 25.9 Å². The summed E-state index contributed by atoms with van der Waals surface area (Å²) in [5.74, 6) is 0. The lowest BCUT2D eigenvalue weighted by atomic mass is 9.98. The summed E-state index contributed by atoms with van der Waals surface area (Å²) in [4.78, 5) is 17.0. The summed E-state index contributed by atoms with van der Waals surface area (Å²) in [5, 5.41) is 10.9. The predicted octanol–water partition coefficient (Wildman–Crippen LogP) is 30.4. The monoisotopic (exact) mass is 1690 g/mol. The number of hydrogen-bond acceptors (Lipinski definition) is 8. The molecule has 12 aromatic rings. The van der Waals surface area contributed by atoms with Gasteiger partial charge in [0.1, 0.15) is 0 Å². The number of benzene rings is 12. The van der Waals surface area contributed by atoms with Gasteiger partial charge in [-0.1, -0.05) is 403 Å². The van der Waals surface area contributed by atoms with Gasteiger partial charge in [-0.25, -0.2) is 0 Å². The molecule has 0 N–H and O–H groups in total. The molecular weight excluding hydrogens is 1510 g/mol. The average molecular weight is 1690 g/mol. The molecule has 124 heavy (non-hydrogen) atoms. The third kappa shape index (κ3) is 45.0. The smallest absolute Gasteiger partial charge is 0.000729 e. The summed E-state index contributed by atoms with van der Waals surface area (Å²) in [6, 6.07) is 87.7. The van der Waals surface area contributed by atoms with Gasteiger partial charge < -0.3 is 39.2 Å². The molecule has 8 heteroatoms. The first-order valence-corrected chi connectivity index (χ1v) is 47.4. The molecule has 12 aromatic carbocycles. The van der Waals surface area contributed by atoms with Crippen LogP contribution in [0.1, 0.15) is 211 Å². The summed E-state index contributed by atoms with van der Waals surface area (Å²) in [6.07, 6.45) is 4.32. The number of hydrogen-bond donors (Lipinski definition) is 0. The van der Waals surface area contributed by atoms with Crippen LogP contribution < -0.4 is 0 Å². The number of fused-ring (bicyclic) bond motifs is 19. The van der Waals surface area contributed by atoms with E-state index in [1.165, 1.54) is 132 Å². The lowest BCUT2D eigenvalue weighted by Crippen LogP contribution is -2.08. The van der Waals surface area contributed by atoms with Crippen LogP contribution in [0.5, 0.6) is 0 Å². The largest absolute Gasteiger partial charge is 0.310 e. The highest BCUT2D eigenvalue weighted by atomic mass is 15.1. The summed E-state index contributed by atoms with van der Waals surface area (Å²) in [6.45, 7) is 58.1. The maximum Gasteiger partial charge on any atom is -0.000729 e. The van der Waals surface area contributed by atoms with Crippen molar-refractivity contribution >= 4 is 43.1 Å². The Morgan fingerprint density at radius 1 is 0.169 bits per heavy atom. The third-order valence-electron chi connectivity index (χ3n) is 19.8. The molecule has 0 heterocycles. The van der Waals surface area contributed by atoms with Crippen LogP contribution in [-0.2, 0) is 25.7 Å². The van der Waals surface area contributed by atoms with E-state index in [1.54, 1.807) is 0 Å². The number of nitrogens with zero attached hydrogens (tertiary/aromatic N) is 8. The van der Waals surface area contributed by atoms with Gasteiger partial charge in [-0.2, -0.15) is 0 Å². The summed E-state index contributed by atoms with van der Waals surface area (Å²) in [5.41, 5.74) is 23.1. The van der Waals surface area contributed by atoms with Gasteiger partial charge in [0.25, 0.3) is 0 Å². The maximum absolute atomic E-state index is 2.34. The molecule has 0 spiro atoms. The van der Waals surface area contributed by atoms with Crippen molar-refractivity contribution < 1.29 is 0 Å². The van der Waals surface area contributed by atoms with Crippen LogP contribution in [0.2, 0.25) is 0 Å². The summed E-state index contributed by atoms with van der Waals surface area (Å²) < 4.78 is 0. The van der Waals surface area contributed by atoms with Gasteiger partial charge in [-0.15, -0.1) is 0 Å². The molecule has 0 bridgehead atoms. The van der Waals surface area contributed by atoms with Crippen LogP contribution >= 0.6 is 0 Å². The van der Waals surface area contributed by atoms with Crippen LogP contribution in [0.4, 0.5) is 0 Å². The second kappa shape index (κ2) is 75.7. The molecule has 0 saturated heterocycles. The zero-order valence-corrected chi connectivity index (χ0v) is 87.2. The minimum Gasteiger partial charge on any atom is -0.310 e. The molecule has 4 aliphatic carbocycles. The van der Waals surface area contributed by atoms with Crippen molar-refractivity contribution in [3.05, 3.63) is 287 Å². The van der Waals surface area contributed by atoms with E-state index >= 15 is 0 Å². The Balaban J connectivity index is -0.000000649. The van der Waals surface area contributed by atoms with Crippen LogP contribution in [-0.4, -0.2) is 204 Å². The van der Waals surface area contributed by atoms with E-state index in [9.17, 15) is 0 Å². The first kappa shape index (κ1) is 122. The van der Waals surface area contributed by atoms with Crippen molar-refractivity contribution in [2.45, 2.75) is 192 Å². The van der Waals surface area contributed by atoms with Crippen molar-refractivity contribution in [1.82, 2.24) is 39.2 Å². The molecule has 688 valence electrons. The molecular formula is C116H184N8. The molecule has 0 fully saturated rings. The standard InChI is InChI=1S/4C17H12.8C4H11N.8C2H6/c2*1-3-7-15-12(5-1)9-10-14-11-13-6-2-4-8-16(13)17(14)15;1-3-7-14-12(5-1)9-10-16-15-8-4-2-6-13(15)11-17(14)16;1-2-6-13-11-17-15(9-12(13)5-1)10-14-7-3-4-8-16(14)17;8*1-4-5(2)3;8*1-2/h3*1-10H,11H2;1-9,11H,10H2;8*4H2,1-3H3;8*1-2H3. The fourth-order valence-corrected chi connectivity index (χ4v) is 11.5. The molecule has 0 saturated carbocycles. The zero-order valence-electron chi connectivity index (χ0n) is 87.2. The molecule has 0 amide bonds. The SMILES string of the molecule is CC.CC.CC.CC.CC.CC.CC.CC.CCN(C)C.CCN(C)C.CCN(C)C.CCN(C)C.CCN(C)C.CCN(C)C.CCN(C)C.CCN(C)C.c1ccc2c(c1)Cc1c-2ccc2ccccc12.c1ccc2c(c1)Cc1cc3ccccc3cc1-2.c1ccc2c(c1)Cc1ccc3ccccc3c1-2.c1ccc2c(c1)Cc1ccc3ccccc3c1-2. The van der Waals surface area contributed by atoms with Gasteiger partial charge >= 0.3 is 0 Å². The fraction of sp³-hybridized carbons (Fsp3) is 0.448. The first-order chi connectivity index (χ1) is 59.9. The van der Waals surface area contributed by atoms with E-state index in [2.05, 4.69) is 450 Å². The van der Waals surface area contributed by atoms with Gasteiger partial charge in [-0.05, 0) is 329 Å². The Bertz CT molecular complexity index is 4310. The maximum atomic E-state index is 2.34. The molecule has 0 aliphatic heterocycles. The lowest BCUT2D eigenvalue weighted by Gasteiger charge is -2.06. The quantitative estimate of drug-likeness (QED) is 0.149. The fourth-order valence-electron chi connectivity index (χ4n) is 11.5. The Morgan fingerprint density at radius 2 is 0.379 bits per heavy atom. The van der Waals surface area contributed by atoms with Gasteiger partial charge in [0, 0.05) is 0 Å². The highest BCUT2D eigenvalue weighted by Crippen LogP contribution is 2.44. The highest BCUT2D eigenvalue weighted by molar-refractivity contribution is 6.02. The van der Waals surface area contributed by atoms with Gasteiger partial charge in [0.15, 0.2) is 0 Å². The van der Waals surface area contributed by atoms with E-state index in [-0.39, 0.29) is 0 Å². The van der Waals surface area contributed by atoms with Crippen molar-refractivity contribution in [1.29, 1.82) is 0 Å². The number of rotatable bonds is 8. The van der Waals surface area contributed by atoms with Crippen LogP contribution in [0, 0.1) is 0 Å². The van der Waals surface area contributed by atoms with Crippen molar-refractivity contribution in [3.63, 3.8) is 0 Å². The van der Waals surface area contributed by atoms with E-state index < -0.39 is 0 Å².